The molecule has 7 nitrogen and oxygen atoms in total. The Morgan fingerprint density at radius 3 is 2.30 bits per heavy atom. The lowest BCUT2D eigenvalue weighted by molar-refractivity contribution is 0.627. The second kappa shape index (κ2) is 7.75. The molecule has 0 atom stereocenters. The van der Waals surface area contributed by atoms with Crippen LogP contribution in [0.5, 0.6) is 0 Å². The quantitative estimate of drug-likeness (QED) is 0.743. The first-order valence-corrected chi connectivity index (χ1v) is 9.20. The van der Waals surface area contributed by atoms with Crippen LogP contribution in [0.4, 0.5) is 23.4 Å². The zero-order valence-electron chi connectivity index (χ0n) is 15.0. The third kappa shape index (κ3) is 4.25. The minimum Gasteiger partial charge on any atom is -0.340 e. The first-order chi connectivity index (χ1) is 13.2. The molecule has 0 saturated carbocycles. The molecule has 0 amide bonds. The molecular formula is C19H20ClN7. The molecule has 3 heterocycles. The maximum atomic E-state index is 6.06. The third-order valence-electron chi connectivity index (χ3n) is 4.34. The zero-order chi connectivity index (χ0) is 18.6. The molecule has 0 spiro atoms. The molecule has 27 heavy (non-hydrogen) atoms. The fourth-order valence-electron chi connectivity index (χ4n) is 3.03. The fourth-order valence-corrected chi connectivity index (χ4v) is 3.22. The minimum absolute atomic E-state index is 0.685. The normalized spacial score (nSPS) is 14.3. The molecule has 3 aromatic rings. The largest absolute Gasteiger partial charge is 0.340 e. The standard InChI is InChI=1S/C19H20ClN7/c1-14-12-17(24-16-5-2-4-15(20)13-16)25-19(23-14)27-10-8-26(9-11-27)18-21-6-3-7-22-18/h2-7,12-13H,8-11H2,1H3,(H,23,24,25). The number of benzene rings is 1. The summed E-state index contributed by atoms with van der Waals surface area (Å²) in [5, 5.41) is 3.99. The number of aryl methyl sites for hydroxylation is 1. The molecule has 138 valence electrons. The molecule has 4 rings (SSSR count). The lowest BCUT2D eigenvalue weighted by Gasteiger charge is -2.34. The highest BCUT2D eigenvalue weighted by Gasteiger charge is 2.21. The highest BCUT2D eigenvalue weighted by atomic mass is 35.5. The predicted octanol–water partition coefficient (Wildman–Crippen LogP) is 3.30. The summed E-state index contributed by atoms with van der Waals surface area (Å²) in [5.74, 6) is 2.26. The van der Waals surface area contributed by atoms with Crippen LogP contribution in [0.3, 0.4) is 0 Å². The summed E-state index contributed by atoms with van der Waals surface area (Å²) in [7, 11) is 0. The second-order valence-corrected chi connectivity index (χ2v) is 6.79. The van der Waals surface area contributed by atoms with Crippen molar-refractivity contribution in [2.45, 2.75) is 6.92 Å². The van der Waals surface area contributed by atoms with Crippen LogP contribution in [-0.4, -0.2) is 46.1 Å². The molecule has 0 radical (unpaired) electrons. The maximum Gasteiger partial charge on any atom is 0.227 e. The van der Waals surface area contributed by atoms with Crippen LogP contribution in [0.25, 0.3) is 0 Å². The monoisotopic (exact) mass is 381 g/mol. The summed E-state index contributed by atoms with van der Waals surface area (Å²) in [6.45, 7) is 5.27. The van der Waals surface area contributed by atoms with E-state index in [4.69, 9.17) is 16.6 Å². The van der Waals surface area contributed by atoms with E-state index in [1.54, 1.807) is 12.4 Å². The first kappa shape index (κ1) is 17.5. The van der Waals surface area contributed by atoms with Crippen molar-refractivity contribution in [3.05, 3.63) is 59.5 Å². The van der Waals surface area contributed by atoms with Crippen molar-refractivity contribution in [2.24, 2.45) is 0 Å². The fraction of sp³-hybridized carbons (Fsp3) is 0.263. The van der Waals surface area contributed by atoms with E-state index >= 15 is 0 Å². The number of nitrogens with one attached hydrogen (secondary N) is 1. The van der Waals surface area contributed by atoms with Crippen molar-refractivity contribution in [3.63, 3.8) is 0 Å². The Morgan fingerprint density at radius 2 is 1.59 bits per heavy atom. The lowest BCUT2D eigenvalue weighted by atomic mass is 10.3. The van der Waals surface area contributed by atoms with Crippen molar-refractivity contribution in [1.82, 2.24) is 19.9 Å². The van der Waals surface area contributed by atoms with Gasteiger partial charge >= 0.3 is 0 Å². The predicted molar refractivity (Wildman–Crippen MR) is 108 cm³/mol. The van der Waals surface area contributed by atoms with Gasteiger partial charge in [0.2, 0.25) is 11.9 Å². The van der Waals surface area contributed by atoms with Gasteiger partial charge in [0.1, 0.15) is 5.82 Å². The van der Waals surface area contributed by atoms with E-state index in [2.05, 4.69) is 30.1 Å². The number of aromatic nitrogens is 4. The molecule has 1 aliphatic heterocycles. The van der Waals surface area contributed by atoms with Gasteiger partial charge in [0.15, 0.2) is 0 Å². The number of anilines is 4. The van der Waals surface area contributed by atoms with Gasteiger partial charge < -0.3 is 15.1 Å². The van der Waals surface area contributed by atoms with E-state index in [9.17, 15) is 0 Å². The Kier molecular flexibility index (Phi) is 5.02. The average Bonchev–Trinajstić information content (AvgIpc) is 2.68. The molecule has 1 aromatic carbocycles. The Morgan fingerprint density at radius 1 is 0.889 bits per heavy atom. The van der Waals surface area contributed by atoms with E-state index in [0.717, 1.165) is 55.3 Å². The number of halogens is 1. The number of nitrogens with zero attached hydrogens (tertiary/aromatic N) is 6. The Labute approximate surface area is 163 Å². The molecular weight excluding hydrogens is 362 g/mol. The molecule has 1 fully saturated rings. The van der Waals surface area contributed by atoms with Gasteiger partial charge in [-0.3, -0.25) is 0 Å². The van der Waals surface area contributed by atoms with Crippen LogP contribution in [0, 0.1) is 6.92 Å². The SMILES string of the molecule is Cc1cc(Nc2cccc(Cl)c2)nc(N2CCN(c3ncccn3)CC2)n1. The average molecular weight is 382 g/mol. The molecule has 1 N–H and O–H groups in total. The van der Waals surface area contributed by atoms with Crippen molar-refractivity contribution in [2.75, 3.05) is 41.3 Å². The zero-order valence-corrected chi connectivity index (χ0v) is 15.8. The van der Waals surface area contributed by atoms with Crippen LogP contribution < -0.4 is 15.1 Å². The van der Waals surface area contributed by atoms with Gasteiger partial charge in [-0.1, -0.05) is 17.7 Å². The topological polar surface area (TPSA) is 70.1 Å². The smallest absolute Gasteiger partial charge is 0.227 e. The van der Waals surface area contributed by atoms with Gasteiger partial charge in [0.05, 0.1) is 0 Å². The molecule has 0 unspecified atom stereocenters. The molecule has 8 heteroatoms. The van der Waals surface area contributed by atoms with E-state index in [1.807, 2.05) is 43.3 Å². The summed E-state index contributed by atoms with van der Waals surface area (Å²) in [4.78, 5) is 22.3. The first-order valence-electron chi connectivity index (χ1n) is 8.82. The van der Waals surface area contributed by atoms with Gasteiger partial charge in [-0.05, 0) is 31.2 Å². The molecule has 1 aliphatic rings. The van der Waals surface area contributed by atoms with E-state index in [1.165, 1.54) is 0 Å². The Balaban J connectivity index is 1.47. The highest BCUT2D eigenvalue weighted by molar-refractivity contribution is 6.30. The van der Waals surface area contributed by atoms with Crippen LogP contribution in [0.15, 0.2) is 48.8 Å². The van der Waals surface area contributed by atoms with Crippen LogP contribution >= 0.6 is 11.6 Å². The summed E-state index contributed by atoms with van der Waals surface area (Å²) in [5.41, 5.74) is 1.82. The third-order valence-corrected chi connectivity index (χ3v) is 4.57. The Bertz CT molecular complexity index is 911. The van der Waals surface area contributed by atoms with Crippen LogP contribution in [0.2, 0.25) is 5.02 Å². The Hall–Kier alpha value is -2.93. The van der Waals surface area contributed by atoms with Crippen molar-refractivity contribution >= 4 is 35.0 Å². The highest BCUT2D eigenvalue weighted by Crippen LogP contribution is 2.22. The van der Waals surface area contributed by atoms with E-state index in [0.29, 0.717) is 5.02 Å². The van der Waals surface area contributed by atoms with Gasteiger partial charge in [0, 0.05) is 61.0 Å². The van der Waals surface area contributed by atoms with E-state index < -0.39 is 0 Å². The van der Waals surface area contributed by atoms with Crippen LogP contribution in [-0.2, 0) is 0 Å². The summed E-state index contributed by atoms with van der Waals surface area (Å²) in [6, 6.07) is 11.3. The molecule has 1 saturated heterocycles. The lowest BCUT2D eigenvalue weighted by Crippen LogP contribution is -2.47. The van der Waals surface area contributed by atoms with Crippen molar-refractivity contribution in [1.29, 1.82) is 0 Å². The number of piperazine rings is 1. The maximum absolute atomic E-state index is 6.06. The van der Waals surface area contributed by atoms with Gasteiger partial charge in [-0.15, -0.1) is 0 Å². The van der Waals surface area contributed by atoms with E-state index in [-0.39, 0.29) is 0 Å². The number of hydrogen-bond donors (Lipinski definition) is 1. The summed E-state index contributed by atoms with van der Waals surface area (Å²) < 4.78 is 0. The summed E-state index contributed by atoms with van der Waals surface area (Å²) >= 11 is 6.06. The summed E-state index contributed by atoms with van der Waals surface area (Å²) in [6.07, 6.45) is 3.54. The van der Waals surface area contributed by atoms with Gasteiger partial charge in [-0.2, -0.15) is 4.98 Å². The van der Waals surface area contributed by atoms with Crippen LogP contribution in [0.1, 0.15) is 5.69 Å². The second-order valence-electron chi connectivity index (χ2n) is 6.35. The van der Waals surface area contributed by atoms with Crippen molar-refractivity contribution < 1.29 is 0 Å². The van der Waals surface area contributed by atoms with Gasteiger partial charge in [0.25, 0.3) is 0 Å². The molecule has 0 bridgehead atoms. The number of rotatable bonds is 4. The van der Waals surface area contributed by atoms with Gasteiger partial charge in [-0.25, -0.2) is 15.0 Å². The number of hydrogen-bond acceptors (Lipinski definition) is 7. The molecule has 2 aromatic heterocycles. The molecule has 0 aliphatic carbocycles. The minimum atomic E-state index is 0.685. The van der Waals surface area contributed by atoms with Crippen molar-refractivity contribution in [3.8, 4) is 0 Å².